The zero-order valence-corrected chi connectivity index (χ0v) is 13.4. The molecule has 6 heteroatoms. The molecule has 15 heavy (non-hydrogen) atoms. The number of carbonyl (C=O) groups excluding carboxylic acids is 1. The first-order valence-electron chi connectivity index (χ1n) is 5.03. The second kappa shape index (κ2) is 13.0. The average molecular weight is 261 g/mol. The van der Waals surface area contributed by atoms with E-state index in [2.05, 4.69) is 32.6 Å². The average Bonchev–Trinajstić information content (AvgIpc) is 2.16. The van der Waals surface area contributed by atoms with Crippen molar-refractivity contribution in [1.29, 1.82) is 0 Å². The van der Waals surface area contributed by atoms with Crippen LogP contribution < -0.4 is 29.6 Å². The van der Waals surface area contributed by atoms with Crippen molar-refractivity contribution in [1.82, 2.24) is 3.71 Å². The summed E-state index contributed by atoms with van der Waals surface area (Å²) in [6, 6.07) is 0. The maximum Gasteiger partial charge on any atom is 1.00 e. The van der Waals surface area contributed by atoms with Crippen molar-refractivity contribution in [3.05, 3.63) is 0 Å². The molecular formula is C9H20NNaO2S2. The number of ether oxygens (including phenoxy) is 1. The van der Waals surface area contributed by atoms with Crippen LogP contribution in [0.1, 0.15) is 46.9 Å². The van der Waals surface area contributed by atoms with E-state index in [1.54, 1.807) is 0 Å². The Morgan fingerprint density at radius 3 is 2.27 bits per heavy atom. The summed E-state index contributed by atoms with van der Waals surface area (Å²) in [7, 11) is 0. The van der Waals surface area contributed by atoms with Gasteiger partial charge in [-0.05, 0) is 32.1 Å². The SMILES string of the molecule is CCCCCCCCOC(=O)N(S)S.[H-].[Na+]. The fourth-order valence-electron chi connectivity index (χ4n) is 1.10. The Kier molecular flexibility index (Phi) is 15.9. The van der Waals surface area contributed by atoms with Gasteiger partial charge in [0.1, 0.15) is 0 Å². The zero-order chi connectivity index (χ0) is 10.8. The first-order chi connectivity index (χ1) is 6.68. The molecule has 0 bridgehead atoms. The number of carbonyl (C=O) groups is 1. The Morgan fingerprint density at radius 1 is 1.20 bits per heavy atom. The summed E-state index contributed by atoms with van der Waals surface area (Å²) >= 11 is 7.37. The van der Waals surface area contributed by atoms with Crippen LogP contribution in [-0.2, 0) is 4.74 Å². The third-order valence-electron chi connectivity index (χ3n) is 1.89. The molecule has 1 amide bonds. The minimum absolute atomic E-state index is 0. The summed E-state index contributed by atoms with van der Waals surface area (Å²) in [6.45, 7) is 2.65. The molecule has 0 aliphatic heterocycles. The van der Waals surface area contributed by atoms with Gasteiger partial charge in [-0.25, -0.2) is 4.79 Å². The second-order valence-electron chi connectivity index (χ2n) is 3.17. The van der Waals surface area contributed by atoms with Crippen LogP contribution in [0.15, 0.2) is 0 Å². The minimum atomic E-state index is -0.509. The summed E-state index contributed by atoms with van der Waals surface area (Å²) in [5.41, 5.74) is 0. The van der Waals surface area contributed by atoms with Crippen molar-refractivity contribution in [2.75, 3.05) is 6.61 Å². The van der Waals surface area contributed by atoms with Gasteiger partial charge in [-0.3, -0.25) is 0 Å². The van der Waals surface area contributed by atoms with E-state index in [1.807, 2.05) is 0 Å². The minimum Gasteiger partial charge on any atom is -1.00 e. The fraction of sp³-hybridized carbons (Fsp3) is 0.889. The Labute approximate surface area is 127 Å². The van der Waals surface area contributed by atoms with Crippen molar-refractivity contribution in [2.45, 2.75) is 45.4 Å². The molecule has 3 nitrogen and oxygen atoms in total. The monoisotopic (exact) mass is 261 g/mol. The van der Waals surface area contributed by atoms with E-state index in [1.165, 1.54) is 25.7 Å². The van der Waals surface area contributed by atoms with E-state index in [4.69, 9.17) is 4.74 Å². The number of hydrogen-bond donors (Lipinski definition) is 2. The molecule has 0 radical (unpaired) electrons. The number of nitrogens with zero attached hydrogens (tertiary/aromatic N) is 1. The van der Waals surface area contributed by atoms with E-state index in [9.17, 15) is 4.79 Å². The van der Waals surface area contributed by atoms with Crippen molar-refractivity contribution < 1.29 is 40.5 Å². The quantitative estimate of drug-likeness (QED) is 0.399. The second-order valence-corrected chi connectivity index (χ2v) is 4.29. The molecule has 0 fully saturated rings. The van der Waals surface area contributed by atoms with E-state index in [-0.39, 0.29) is 31.0 Å². The van der Waals surface area contributed by atoms with Crippen LogP contribution in [-0.4, -0.2) is 16.4 Å². The van der Waals surface area contributed by atoms with Gasteiger partial charge < -0.3 is 6.16 Å². The molecule has 0 saturated carbocycles. The first-order valence-corrected chi connectivity index (χ1v) is 5.83. The predicted molar refractivity (Wildman–Crippen MR) is 65.6 cm³/mol. The van der Waals surface area contributed by atoms with Crippen LogP contribution in [0.2, 0.25) is 0 Å². The van der Waals surface area contributed by atoms with Gasteiger partial charge in [-0.2, -0.15) is 3.71 Å². The third-order valence-corrected chi connectivity index (χ3v) is 2.21. The predicted octanol–water partition coefficient (Wildman–Crippen LogP) is 0.592. The molecule has 0 aromatic carbocycles. The van der Waals surface area contributed by atoms with Crippen molar-refractivity contribution in [2.24, 2.45) is 0 Å². The van der Waals surface area contributed by atoms with Crippen LogP contribution in [0.5, 0.6) is 0 Å². The molecule has 0 atom stereocenters. The van der Waals surface area contributed by atoms with Gasteiger partial charge in [0.2, 0.25) is 0 Å². The number of hydrogen-bond acceptors (Lipinski definition) is 4. The largest absolute Gasteiger partial charge is 1.00 e. The Morgan fingerprint density at radius 2 is 1.73 bits per heavy atom. The van der Waals surface area contributed by atoms with Gasteiger partial charge in [0.15, 0.2) is 0 Å². The van der Waals surface area contributed by atoms with Gasteiger partial charge in [0.25, 0.3) is 0 Å². The van der Waals surface area contributed by atoms with Crippen molar-refractivity contribution in [3.63, 3.8) is 0 Å². The smallest absolute Gasteiger partial charge is 1.00 e. The van der Waals surface area contributed by atoms with Gasteiger partial charge >= 0.3 is 35.7 Å². The number of thiol groups is 2. The molecule has 0 aromatic heterocycles. The third kappa shape index (κ3) is 12.9. The molecule has 86 valence electrons. The van der Waals surface area contributed by atoms with Gasteiger partial charge in [0, 0.05) is 0 Å². The first kappa shape index (κ1) is 18.3. The summed E-state index contributed by atoms with van der Waals surface area (Å²) < 4.78 is 5.69. The molecule has 0 N–H and O–H groups in total. The molecular weight excluding hydrogens is 241 g/mol. The topological polar surface area (TPSA) is 29.5 Å². The number of rotatable bonds is 7. The molecule has 0 rings (SSSR count). The van der Waals surface area contributed by atoms with Crippen LogP contribution in [0.4, 0.5) is 4.79 Å². The zero-order valence-electron chi connectivity index (χ0n) is 10.6. The summed E-state index contributed by atoms with van der Waals surface area (Å²) in [4.78, 5) is 10.8. The Bertz CT molecular complexity index is 164. The molecule has 0 aliphatic rings. The molecule has 0 saturated heterocycles. The normalized spacial score (nSPS) is 9.27. The fourth-order valence-corrected chi connectivity index (χ4v) is 1.22. The van der Waals surface area contributed by atoms with Gasteiger partial charge in [0.05, 0.1) is 6.61 Å². The molecule has 0 unspecified atom stereocenters. The number of unbranched alkanes of at least 4 members (excludes halogenated alkanes) is 5. The van der Waals surface area contributed by atoms with E-state index >= 15 is 0 Å². The maximum absolute atomic E-state index is 10.8. The summed E-state index contributed by atoms with van der Waals surface area (Å²) in [6.07, 6.45) is 6.57. The van der Waals surface area contributed by atoms with Crippen LogP contribution in [0.25, 0.3) is 0 Å². The maximum atomic E-state index is 10.8. The summed E-state index contributed by atoms with van der Waals surface area (Å²) in [5, 5.41) is 0. The van der Waals surface area contributed by atoms with E-state index < -0.39 is 6.09 Å². The summed E-state index contributed by atoms with van der Waals surface area (Å²) in [5.74, 6) is 0. The van der Waals surface area contributed by atoms with Crippen LogP contribution >= 0.6 is 25.6 Å². The van der Waals surface area contributed by atoms with E-state index in [0.717, 1.165) is 16.6 Å². The van der Waals surface area contributed by atoms with Crippen molar-refractivity contribution in [3.8, 4) is 0 Å². The molecule has 0 spiro atoms. The Balaban J connectivity index is -0.000000845. The van der Waals surface area contributed by atoms with E-state index in [0.29, 0.717) is 6.61 Å². The van der Waals surface area contributed by atoms with Crippen LogP contribution in [0, 0.1) is 0 Å². The molecule has 0 aliphatic carbocycles. The van der Waals surface area contributed by atoms with Gasteiger partial charge in [-0.1, -0.05) is 39.0 Å². The van der Waals surface area contributed by atoms with Crippen molar-refractivity contribution >= 4 is 31.7 Å². The number of amides is 1. The van der Waals surface area contributed by atoms with Crippen LogP contribution in [0.3, 0.4) is 0 Å². The Hall–Kier alpha value is 0.970. The molecule has 0 heterocycles. The van der Waals surface area contributed by atoms with Gasteiger partial charge in [-0.15, -0.1) is 0 Å². The standard InChI is InChI=1S/C9H19NO2S2.Na.H/c1-2-3-4-5-6-7-8-12-9(11)10(13)14;;/h13-14H,2-8H2,1H3;;/q;+1;-1. The molecule has 0 aromatic rings.